The second-order valence-corrected chi connectivity index (χ2v) is 4.95. The molecule has 0 bridgehead atoms. The Morgan fingerprint density at radius 1 is 1.40 bits per heavy atom. The van der Waals surface area contributed by atoms with Crippen molar-refractivity contribution in [2.75, 3.05) is 6.61 Å². The molecule has 0 heterocycles. The summed E-state index contributed by atoms with van der Waals surface area (Å²) in [5.41, 5.74) is 0. The van der Waals surface area contributed by atoms with E-state index >= 15 is 0 Å². The number of hydrogen-bond donors (Lipinski definition) is 1. The lowest BCUT2D eigenvalue weighted by molar-refractivity contribution is 0.259. The van der Waals surface area contributed by atoms with E-state index in [-0.39, 0.29) is 12.5 Å². The van der Waals surface area contributed by atoms with E-state index in [0.717, 1.165) is 0 Å². The van der Waals surface area contributed by atoms with Crippen molar-refractivity contribution in [3.63, 3.8) is 0 Å². The molecule has 0 rings (SSSR count). The highest BCUT2D eigenvalue weighted by Gasteiger charge is 2.22. The van der Waals surface area contributed by atoms with Crippen molar-refractivity contribution in [3.8, 4) is 0 Å². The molecule has 0 aliphatic carbocycles. The van der Waals surface area contributed by atoms with Crippen LogP contribution in [0.15, 0.2) is 0 Å². The van der Waals surface area contributed by atoms with Gasteiger partial charge in [-0.25, -0.2) is 0 Å². The monoisotopic (exact) mass is 204 g/mol. The van der Waals surface area contributed by atoms with Crippen LogP contribution < -0.4 is 0 Å². The lowest BCUT2D eigenvalue weighted by Crippen LogP contribution is -2.10. The number of rotatable bonds is 3. The van der Waals surface area contributed by atoms with E-state index in [1.807, 2.05) is 6.92 Å². The zero-order valence-electron chi connectivity index (χ0n) is 5.78. The van der Waals surface area contributed by atoms with Crippen LogP contribution in [0.25, 0.3) is 0 Å². The fourth-order valence-electron chi connectivity index (χ4n) is 0.718. The van der Waals surface area contributed by atoms with Gasteiger partial charge in [0.1, 0.15) is 0 Å². The number of hydrogen-bond acceptors (Lipinski definition) is 1. The van der Waals surface area contributed by atoms with Gasteiger partial charge in [0.15, 0.2) is 3.79 Å². The Labute approximate surface area is 76.3 Å². The first-order valence-electron chi connectivity index (χ1n) is 3.13. The minimum Gasteiger partial charge on any atom is -0.396 e. The molecule has 10 heavy (non-hydrogen) atoms. The average Bonchev–Trinajstić information content (AvgIpc) is 1.59. The van der Waals surface area contributed by atoms with Gasteiger partial charge in [0.05, 0.1) is 0 Å². The molecular weight excluding hydrogens is 194 g/mol. The lowest BCUT2D eigenvalue weighted by Gasteiger charge is -2.15. The van der Waals surface area contributed by atoms with Crippen LogP contribution in [0.2, 0.25) is 0 Å². The third-order valence-electron chi connectivity index (χ3n) is 1.20. The topological polar surface area (TPSA) is 20.2 Å². The van der Waals surface area contributed by atoms with Gasteiger partial charge >= 0.3 is 0 Å². The normalized spacial score (nSPS) is 15.3. The molecule has 0 aliphatic heterocycles. The van der Waals surface area contributed by atoms with Crippen molar-refractivity contribution >= 4 is 34.8 Å². The molecule has 0 aromatic heterocycles. The Kier molecular flexibility index (Phi) is 5.04. The SMILES string of the molecule is CC(CCO)CC(Cl)(Cl)Cl. The molecule has 0 amide bonds. The summed E-state index contributed by atoms with van der Waals surface area (Å²) in [6.07, 6.45) is 1.19. The molecule has 1 N–H and O–H groups in total. The third-order valence-corrected chi connectivity index (χ3v) is 1.66. The van der Waals surface area contributed by atoms with Gasteiger partial charge in [-0.05, 0) is 18.8 Å². The van der Waals surface area contributed by atoms with Crippen LogP contribution in [0.1, 0.15) is 19.8 Å². The first-order valence-corrected chi connectivity index (χ1v) is 4.26. The van der Waals surface area contributed by atoms with Crippen LogP contribution in [-0.4, -0.2) is 15.5 Å². The quantitative estimate of drug-likeness (QED) is 0.703. The van der Waals surface area contributed by atoms with Gasteiger partial charge in [-0.3, -0.25) is 0 Å². The smallest absolute Gasteiger partial charge is 0.190 e. The molecule has 1 nitrogen and oxygen atoms in total. The van der Waals surface area contributed by atoms with Crippen LogP contribution in [-0.2, 0) is 0 Å². The van der Waals surface area contributed by atoms with Crippen molar-refractivity contribution in [1.29, 1.82) is 0 Å². The summed E-state index contributed by atoms with van der Waals surface area (Å²) in [5, 5.41) is 8.50. The minimum absolute atomic E-state index is 0.155. The molecule has 0 aromatic rings. The predicted molar refractivity (Wildman–Crippen MR) is 45.8 cm³/mol. The summed E-state index contributed by atoms with van der Waals surface area (Å²) < 4.78 is -1.17. The summed E-state index contributed by atoms with van der Waals surface area (Å²) in [6, 6.07) is 0. The van der Waals surface area contributed by atoms with E-state index < -0.39 is 3.79 Å². The predicted octanol–water partition coefficient (Wildman–Crippen LogP) is 2.77. The van der Waals surface area contributed by atoms with Crippen molar-refractivity contribution < 1.29 is 5.11 Å². The molecule has 0 spiro atoms. The van der Waals surface area contributed by atoms with Crippen molar-refractivity contribution in [1.82, 2.24) is 0 Å². The van der Waals surface area contributed by atoms with Crippen LogP contribution in [0, 0.1) is 5.92 Å². The maximum Gasteiger partial charge on any atom is 0.190 e. The van der Waals surface area contributed by atoms with Crippen LogP contribution >= 0.6 is 34.8 Å². The molecule has 0 fully saturated rings. The van der Waals surface area contributed by atoms with E-state index in [1.165, 1.54) is 0 Å². The first-order chi connectivity index (χ1) is 4.45. The second kappa shape index (κ2) is 4.66. The van der Waals surface area contributed by atoms with Crippen LogP contribution in [0.4, 0.5) is 0 Å². The molecule has 0 saturated heterocycles. The summed E-state index contributed by atoms with van der Waals surface area (Å²) in [5.74, 6) is 0.262. The Bertz CT molecular complexity index is 89.5. The summed E-state index contributed by atoms with van der Waals surface area (Å²) in [6.45, 7) is 2.10. The summed E-state index contributed by atoms with van der Waals surface area (Å²) in [4.78, 5) is 0. The fourth-order valence-corrected chi connectivity index (χ4v) is 1.51. The lowest BCUT2D eigenvalue weighted by atomic mass is 10.1. The molecule has 1 unspecified atom stereocenters. The van der Waals surface area contributed by atoms with Crippen LogP contribution in [0.3, 0.4) is 0 Å². The van der Waals surface area contributed by atoms with Gasteiger partial charge < -0.3 is 5.11 Å². The first kappa shape index (κ1) is 10.8. The second-order valence-electron chi connectivity index (χ2n) is 2.44. The van der Waals surface area contributed by atoms with Crippen molar-refractivity contribution in [2.24, 2.45) is 5.92 Å². The standard InChI is InChI=1S/C6H11Cl3O/c1-5(2-3-10)4-6(7,8)9/h5,10H,2-4H2,1H3. The Hall–Kier alpha value is 0.830. The van der Waals surface area contributed by atoms with Gasteiger partial charge in [0.2, 0.25) is 0 Å². The molecular formula is C6H11Cl3O. The van der Waals surface area contributed by atoms with Crippen molar-refractivity contribution in [2.45, 2.75) is 23.6 Å². The van der Waals surface area contributed by atoms with Gasteiger partial charge in [-0.2, -0.15) is 0 Å². The molecule has 62 valence electrons. The van der Waals surface area contributed by atoms with E-state index in [4.69, 9.17) is 39.9 Å². The van der Waals surface area contributed by atoms with E-state index in [9.17, 15) is 0 Å². The molecule has 0 aliphatic rings. The molecule has 4 heteroatoms. The Balaban J connectivity index is 3.47. The fraction of sp³-hybridized carbons (Fsp3) is 1.00. The third kappa shape index (κ3) is 6.94. The largest absolute Gasteiger partial charge is 0.396 e. The Morgan fingerprint density at radius 2 is 1.90 bits per heavy atom. The zero-order chi connectivity index (χ0) is 8.20. The van der Waals surface area contributed by atoms with Gasteiger partial charge in [0.25, 0.3) is 0 Å². The minimum atomic E-state index is -1.17. The highest BCUT2D eigenvalue weighted by molar-refractivity contribution is 6.67. The van der Waals surface area contributed by atoms with Crippen LogP contribution in [0.5, 0.6) is 0 Å². The zero-order valence-corrected chi connectivity index (χ0v) is 8.05. The number of halogens is 3. The molecule has 1 atom stereocenters. The van der Waals surface area contributed by atoms with E-state index in [0.29, 0.717) is 12.8 Å². The summed E-state index contributed by atoms with van der Waals surface area (Å²) in [7, 11) is 0. The van der Waals surface area contributed by atoms with Crippen molar-refractivity contribution in [3.05, 3.63) is 0 Å². The maximum absolute atomic E-state index is 8.50. The van der Waals surface area contributed by atoms with E-state index in [1.54, 1.807) is 0 Å². The summed E-state index contributed by atoms with van der Waals surface area (Å²) >= 11 is 16.5. The highest BCUT2D eigenvalue weighted by atomic mass is 35.6. The van der Waals surface area contributed by atoms with Gasteiger partial charge in [-0.15, -0.1) is 0 Å². The average molecular weight is 206 g/mol. The molecule has 0 aromatic carbocycles. The highest BCUT2D eigenvalue weighted by Crippen LogP contribution is 2.34. The number of aliphatic hydroxyl groups excluding tert-OH is 1. The van der Waals surface area contributed by atoms with Gasteiger partial charge in [-0.1, -0.05) is 41.7 Å². The Morgan fingerprint density at radius 3 is 2.20 bits per heavy atom. The molecule has 0 radical (unpaired) electrons. The number of alkyl halides is 3. The van der Waals surface area contributed by atoms with Gasteiger partial charge in [0, 0.05) is 6.61 Å². The maximum atomic E-state index is 8.50. The molecule has 0 saturated carbocycles. The number of aliphatic hydroxyl groups is 1. The van der Waals surface area contributed by atoms with E-state index in [2.05, 4.69) is 0 Å².